The molecule has 0 aliphatic heterocycles. The molecule has 146 valence electrons. The van der Waals surface area contributed by atoms with Crippen LogP contribution in [0.3, 0.4) is 0 Å². The lowest BCUT2D eigenvalue weighted by molar-refractivity contribution is -0.139. The Kier molecular flexibility index (Phi) is 6.09. The molecule has 0 radical (unpaired) electrons. The number of rotatable bonds is 8. The highest BCUT2D eigenvalue weighted by Crippen LogP contribution is 2.31. The topological polar surface area (TPSA) is 126 Å². The second kappa shape index (κ2) is 7.77. The molecule has 0 aromatic carbocycles. The third-order valence-electron chi connectivity index (χ3n) is 4.56. The van der Waals surface area contributed by atoms with Crippen LogP contribution >= 0.6 is 0 Å². The zero-order chi connectivity index (χ0) is 19.6. The monoisotopic (exact) mass is 388 g/mol. The number of ether oxygens (including phenoxy) is 1. The van der Waals surface area contributed by atoms with Crippen molar-refractivity contribution in [3.63, 3.8) is 0 Å². The summed E-state index contributed by atoms with van der Waals surface area (Å²) < 4.78 is 38.0. The van der Waals surface area contributed by atoms with Gasteiger partial charge in [-0.05, 0) is 33.2 Å². The molecule has 0 bridgehead atoms. The number of carboxylic acids is 1. The van der Waals surface area contributed by atoms with E-state index in [0.717, 1.165) is 0 Å². The minimum absolute atomic E-state index is 0.0102. The molecular formula is C16H24N2O7S. The van der Waals surface area contributed by atoms with E-state index < -0.39 is 22.0 Å². The van der Waals surface area contributed by atoms with E-state index in [1.54, 1.807) is 4.90 Å². The molecule has 1 fully saturated rings. The molecular weight excluding hydrogens is 364 g/mol. The molecule has 1 aromatic rings. The first-order chi connectivity index (χ1) is 12.1. The number of nitrogens with one attached hydrogen (secondary N) is 1. The predicted octanol–water partition coefficient (Wildman–Crippen LogP) is 0.899. The van der Waals surface area contributed by atoms with Crippen LogP contribution in [0.1, 0.15) is 41.6 Å². The summed E-state index contributed by atoms with van der Waals surface area (Å²) in [5.74, 6) is -1.39. The molecule has 26 heavy (non-hydrogen) atoms. The molecule has 10 heteroatoms. The number of carbonyl (C=O) groups is 2. The summed E-state index contributed by atoms with van der Waals surface area (Å²) in [6, 6.07) is -0.316. The molecule has 0 amide bonds. The van der Waals surface area contributed by atoms with Gasteiger partial charge in [0.15, 0.2) is 0 Å². The molecule has 0 saturated heterocycles. The van der Waals surface area contributed by atoms with Gasteiger partial charge in [0.05, 0.1) is 13.7 Å². The van der Waals surface area contributed by atoms with Gasteiger partial charge >= 0.3 is 11.9 Å². The van der Waals surface area contributed by atoms with Gasteiger partial charge in [0.25, 0.3) is 0 Å². The average molecular weight is 388 g/mol. The van der Waals surface area contributed by atoms with Crippen LogP contribution in [0.2, 0.25) is 0 Å². The number of sulfonamides is 1. The molecule has 1 aliphatic carbocycles. The zero-order valence-electron chi connectivity index (χ0n) is 15.2. The highest BCUT2D eigenvalue weighted by atomic mass is 32.2. The number of nitrogens with zero attached hydrogens (tertiary/aromatic N) is 1. The van der Waals surface area contributed by atoms with E-state index in [9.17, 15) is 18.0 Å². The first-order valence-corrected chi connectivity index (χ1v) is 9.75. The van der Waals surface area contributed by atoms with Crippen molar-refractivity contribution in [3.8, 4) is 0 Å². The maximum Gasteiger partial charge on any atom is 0.342 e. The molecule has 1 saturated carbocycles. The summed E-state index contributed by atoms with van der Waals surface area (Å²) in [6.45, 7) is 5.34. The van der Waals surface area contributed by atoms with Crippen LogP contribution in [-0.4, -0.2) is 62.6 Å². The Morgan fingerprint density at radius 1 is 1.31 bits per heavy atom. The van der Waals surface area contributed by atoms with E-state index in [1.807, 2.05) is 6.92 Å². The Hall–Kier alpha value is -1.91. The second-order valence-corrected chi connectivity index (χ2v) is 7.96. The molecule has 9 nitrogen and oxygen atoms in total. The smallest absolute Gasteiger partial charge is 0.342 e. The van der Waals surface area contributed by atoms with Crippen molar-refractivity contribution in [1.82, 2.24) is 9.62 Å². The molecule has 1 aliphatic rings. The highest BCUT2D eigenvalue weighted by Gasteiger charge is 2.39. The van der Waals surface area contributed by atoms with E-state index in [1.165, 1.54) is 21.0 Å². The van der Waals surface area contributed by atoms with Gasteiger partial charge in [-0.1, -0.05) is 6.92 Å². The number of furan rings is 1. The summed E-state index contributed by atoms with van der Waals surface area (Å²) in [4.78, 5) is 24.4. The third-order valence-corrected chi connectivity index (χ3v) is 6.23. The van der Waals surface area contributed by atoms with Crippen molar-refractivity contribution in [1.29, 1.82) is 0 Å². The Morgan fingerprint density at radius 3 is 2.42 bits per heavy atom. The third kappa shape index (κ3) is 4.08. The number of esters is 1. The highest BCUT2D eigenvalue weighted by molar-refractivity contribution is 7.89. The molecule has 1 aromatic heterocycles. The fraction of sp³-hybridized carbons (Fsp3) is 0.625. The number of carboxylic acid groups (broad SMARTS) is 1. The molecule has 0 atom stereocenters. The number of hydrogen-bond acceptors (Lipinski definition) is 7. The molecule has 0 unspecified atom stereocenters. The minimum atomic E-state index is -3.97. The minimum Gasteiger partial charge on any atom is -0.480 e. The van der Waals surface area contributed by atoms with Crippen molar-refractivity contribution < 1.29 is 32.3 Å². The molecule has 0 spiro atoms. The Morgan fingerprint density at radius 2 is 1.92 bits per heavy atom. The van der Waals surface area contributed by atoms with E-state index in [0.29, 0.717) is 19.4 Å². The Balaban J connectivity index is 2.12. The van der Waals surface area contributed by atoms with Gasteiger partial charge in [-0.3, -0.25) is 9.69 Å². The van der Waals surface area contributed by atoms with Crippen molar-refractivity contribution in [2.45, 2.75) is 50.6 Å². The normalized spacial score (nSPS) is 20.0. The maximum absolute atomic E-state index is 12.7. The van der Waals surface area contributed by atoms with E-state index >= 15 is 0 Å². The fourth-order valence-electron chi connectivity index (χ4n) is 3.26. The average Bonchev–Trinajstić information content (AvgIpc) is 2.82. The zero-order valence-corrected chi connectivity index (χ0v) is 16.1. The van der Waals surface area contributed by atoms with Gasteiger partial charge < -0.3 is 14.3 Å². The van der Waals surface area contributed by atoms with Crippen molar-refractivity contribution >= 4 is 22.0 Å². The number of carbonyl (C=O) groups excluding carboxylic acids is 1. The molecule has 1 heterocycles. The number of aliphatic carboxylic acids is 1. The van der Waals surface area contributed by atoms with Crippen LogP contribution in [0.15, 0.2) is 9.31 Å². The fourth-order valence-corrected chi connectivity index (χ4v) is 4.92. The molecule has 2 N–H and O–H groups in total. The lowest BCUT2D eigenvalue weighted by Crippen LogP contribution is -2.54. The second-order valence-electron chi connectivity index (χ2n) is 6.31. The van der Waals surface area contributed by atoms with Crippen LogP contribution in [0.5, 0.6) is 0 Å². The van der Waals surface area contributed by atoms with E-state index in [2.05, 4.69) is 9.46 Å². The standard InChI is InChI=1S/C16H24N2O7S/c1-5-18(8-13(19)20)12-6-11(7-12)17-26(22,23)15-10(3)25-9(2)14(15)16(21)24-4/h11-12,17H,5-8H2,1-4H3,(H,19,20). The van der Waals surface area contributed by atoms with Gasteiger partial charge in [0.2, 0.25) is 10.0 Å². The number of methoxy groups -OCH3 is 1. The van der Waals surface area contributed by atoms with Crippen molar-refractivity contribution in [2.75, 3.05) is 20.2 Å². The van der Waals surface area contributed by atoms with Crippen LogP contribution in [0, 0.1) is 13.8 Å². The quantitative estimate of drug-likeness (QED) is 0.629. The van der Waals surface area contributed by atoms with Crippen molar-refractivity contribution in [2.24, 2.45) is 0 Å². The van der Waals surface area contributed by atoms with E-state index in [-0.39, 0.29) is 40.6 Å². The van der Waals surface area contributed by atoms with E-state index in [4.69, 9.17) is 9.52 Å². The van der Waals surface area contributed by atoms with Gasteiger partial charge in [0.1, 0.15) is 22.0 Å². The van der Waals surface area contributed by atoms with Crippen LogP contribution in [-0.2, 0) is 19.6 Å². The SMILES string of the molecule is CCN(CC(=O)O)C1CC(NS(=O)(=O)c2c(C)oc(C)c2C(=O)OC)C1. The summed E-state index contributed by atoms with van der Waals surface area (Å²) in [5.41, 5.74) is -0.102. The lowest BCUT2D eigenvalue weighted by Gasteiger charge is -2.42. The van der Waals surface area contributed by atoms with Crippen LogP contribution in [0.25, 0.3) is 0 Å². The maximum atomic E-state index is 12.7. The number of likely N-dealkylation sites (N-methyl/N-ethyl adjacent to an activating group) is 1. The van der Waals surface area contributed by atoms with Crippen molar-refractivity contribution in [3.05, 3.63) is 17.1 Å². The number of hydrogen-bond donors (Lipinski definition) is 2. The summed E-state index contributed by atoms with van der Waals surface area (Å²) in [7, 11) is -2.80. The first-order valence-electron chi connectivity index (χ1n) is 8.27. The Labute approximate surface area is 152 Å². The van der Waals surface area contributed by atoms with Crippen LogP contribution < -0.4 is 4.72 Å². The van der Waals surface area contributed by atoms with Gasteiger partial charge in [-0.15, -0.1) is 0 Å². The van der Waals surface area contributed by atoms with Crippen LogP contribution in [0.4, 0.5) is 0 Å². The Bertz CT molecular complexity index is 794. The first kappa shape index (κ1) is 20.4. The number of aryl methyl sites for hydroxylation is 2. The lowest BCUT2D eigenvalue weighted by atomic mass is 9.86. The summed E-state index contributed by atoms with van der Waals surface area (Å²) >= 11 is 0. The largest absolute Gasteiger partial charge is 0.480 e. The van der Waals surface area contributed by atoms with Gasteiger partial charge in [-0.25, -0.2) is 17.9 Å². The van der Waals surface area contributed by atoms with Gasteiger partial charge in [0, 0.05) is 12.1 Å². The summed E-state index contributed by atoms with van der Waals surface area (Å²) in [6.07, 6.45) is 1.01. The molecule has 2 rings (SSSR count). The predicted molar refractivity (Wildman–Crippen MR) is 91.5 cm³/mol. The van der Waals surface area contributed by atoms with Gasteiger partial charge in [-0.2, -0.15) is 0 Å². The summed E-state index contributed by atoms with van der Waals surface area (Å²) in [5, 5.41) is 8.92.